The second kappa shape index (κ2) is 5.83. The summed E-state index contributed by atoms with van der Waals surface area (Å²) in [7, 11) is -3.75. The van der Waals surface area contributed by atoms with E-state index in [-0.39, 0.29) is 11.4 Å². The van der Waals surface area contributed by atoms with Crippen LogP contribution in [-0.2, 0) is 16.6 Å². The third kappa shape index (κ3) is 3.40. The second-order valence-electron chi connectivity index (χ2n) is 4.89. The van der Waals surface area contributed by atoms with Crippen LogP contribution in [0.3, 0.4) is 0 Å². The Hall–Kier alpha value is -1.92. The van der Waals surface area contributed by atoms with E-state index in [1.807, 2.05) is 0 Å². The number of anilines is 1. The predicted molar refractivity (Wildman–Crippen MR) is 80.8 cm³/mol. The molecule has 0 saturated heterocycles. The van der Waals surface area contributed by atoms with E-state index < -0.39 is 15.8 Å². The van der Waals surface area contributed by atoms with Gasteiger partial charge in [0.05, 0.1) is 4.90 Å². The van der Waals surface area contributed by atoms with Gasteiger partial charge in [0.1, 0.15) is 5.82 Å². The minimum absolute atomic E-state index is 0.109. The van der Waals surface area contributed by atoms with E-state index in [4.69, 9.17) is 5.73 Å². The molecule has 2 aromatic carbocycles. The monoisotopic (exact) mass is 308 g/mol. The van der Waals surface area contributed by atoms with Gasteiger partial charge < -0.3 is 5.73 Å². The van der Waals surface area contributed by atoms with Crippen LogP contribution in [0.25, 0.3) is 0 Å². The van der Waals surface area contributed by atoms with Gasteiger partial charge in [-0.25, -0.2) is 17.5 Å². The normalized spacial score (nSPS) is 11.6. The third-order valence-electron chi connectivity index (χ3n) is 3.24. The van der Waals surface area contributed by atoms with E-state index in [1.165, 1.54) is 12.1 Å². The first-order valence-electron chi connectivity index (χ1n) is 6.41. The molecular formula is C15H17FN2O2S. The molecule has 6 heteroatoms. The Morgan fingerprint density at radius 2 is 1.86 bits per heavy atom. The zero-order chi connectivity index (χ0) is 15.6. The molecule has 0 bridgehead atoms. The molecule has 0 spiro atoms. The lowest BCUT2D eigenvalue weighted by Gasteiger charge is -2.12. The quantitative estimate of drug-likeness (QED) is 0.852. The average molecular weight is 308 g/mol. The van der Waals surface area contributed by atoms with Gasteiger partial charge in [-0.3, -0.25) is 0 Å². The van der Waals surface area contributed by atoms with Crippen LogP contribution in [-0.4, -0.2) is 8.42 Å². The highest BCUT2D eigenvalue weighted by Crippen LogP contribution is 2.23. The first-order valence-corrected chi connectivity index (χ1v) is 7.89. The number of nitrogens with two attached hydrogens (primary N) is 1. The van der Waals surface area contributed by atoms with Crippen LogP contribution in [0.2, 0.25) is 0 Å². The average Bonchev–Trinajstić information content (AvgIpc) is 2.42. The maximum Gasteiger partial charge on any atom is 0.241 e. The number of aryl methyl sites for hydroxylation is 1. The van der Waals surface area contributed by atoms with Gasteiger partial charge in [0.2, 0.25) is 10.0 Å². The summed E-state index contributed by atoms with van der Waals surface area (Å²) in [6, 6.07) is 9.30. The Morgan fingerprint density at radius 3 is 2.52 bits per heavy atom. The predicted octanol–water partition coefficient (Wildman–Crippen LogP) is 2.50. The topological polar surface area (TPSA) is 72.2 Å². The number of rotatable bonds is 4. The van der Waals surface area contributed by atoms with Crippen molar-refractivity contribution in [2.75, 3.05) is 5.73 Å². The molecule has 0 radical (unpaired) electrons. The van der Waals surface area contributed by atoms with Crippen molar-refractivity contribution in [2.45, 2.75) is 25.3 Å². The molecule has 0 aliphatic rings. The van der Waals surface area contributed by atoms with Crippen molar-refractivity contribution in [3.05, 3.63) is 58.9 Å². The highest BCUT2D eigenvalue weighted by atomic mass is 32.2. The Kier molecular flexibility index (Phi) is 4.29. The summed E-state index contributed by atoms with van der Waals surface area (Å²) >= 11 is 0. The van der Waals surface area contributed by atoms with Gasteiger partial charge >= 0.3 is 0 Å². The van der Waals surface area contributed by atoms with E-state index in [0.29, 0.717) is 16.8 Å². The first-order chi connectivity index (χ1) is 9.81. The molecular weight excluding hydrogens is 291 g/mol. The van der Waals surface area contributed by atoms with Gasteiger partial charge in [-0.1, -0.05) is 18.2 Å². The number of nitrogens with one attached hydrogen (secondary N) is 1. The molecule has 0 unspecified atom stereocenters. The molecule has 0 saturated carbocycles. The van der Waals surface area contributed by atoms with E-state index in [9.17, 15) is 12.8 Å². The zero-order valence-electron chi connectivity index (χ0n) is 11.9. The van der Waals surface area contributed by atoms with Gasteiger partial charge in [0.15, 0.2) is 0 Å². The van der Waals surface area contributed by atoms with Gasteiger partial charge in [0, 0.05) is 17.8 Å². The largest absolute Gasteiger partial charge is 0.398 e. The molecule has 0 aliphatic carbocycles. The molecule has 21 heavy (non-hydrogen) atoms. The Balaban J connectivity index is 2.30. The fourth-order valence-corrected chi connectivity index (χ4v) is 3.39. The van der Waals surface area contributed by atoms with Crippen molar-refractivity contribution in [2.24, 2.45) is 0 Å². The third-order valence-corrected chi connectivity index (χ3v) is 4.77. The molecule has 4 nitrogen and oxygen atoms in total. The summed E-state index contributed by atoms with van der Waals surface area (Å²) in [6.07, 6.45) is 0. The number of sulfonamides is 1. The Morgan fingerprint density at radius 1 is 1.19 bits per heavy atom. The zero-order valence-corrected chi connectivity index (χ0v) is 12.7. The number of hydrogen-bond acceptors (Lipinski definition) is 3. The van der Waals surface area contributed by atoms with Crippen LogP contribution >= 0.6 is 0 Å². The van der Waals surface area contributed by atoms with Crippen molar-refractivity contribution < 1.29 is 12.8 Å². The smallest absolute Gasteiger partial charge is 0.241 e. The highest BCUT2D eigenvalue weighted by Gasteiger charge is 2.19. The fraction of sp³-hybridized carbons (Fsp3) is 0.200. The maximum atomic E-state index is 13.5. The summed E-state index contributed by atoms with van der Waals surface area (Å²) in [5, 5.41) is 0. The van der Waals surface area contributed by atoms with E-state index in [2.05, 4.69) is 4.72 Å². The maximum absolute atomic E-state index is 13.5. The molecule has 2 aromatic rings. The van der Waals surface area contributed by atoms with Gasteiger partial charge in [0.25, 0.3) is 0 Å². The molecule has 2 rings (SSSR count). The standard InChI is InChI=1S/C15H17FN2O2S/c1-10-7-14(17)11(2)15(8-10)21(19,20)18-9-12-5-3-4-6-13(12)16/h3-8,18H,9,17H2,1-2H3. The molecule has 3 N–H and O–H groups in total. The van der Waals surface area contributed by atoms with Gasteiger partial charge in [-0.05, 0) is 43.2 Å². The minimum Gasteiger partial charge on any atom is -0.398 e. The number of benzene rings is 2. The first kappa shape index (κ1) is 15.5. The van der Waals surface area contributed by atoms with Gasteiger partial charge in [-0.2, -0.15) is 0 Å². The molecule has 112 valence electrons. The summed E-state index contributed by atoms with van der Waals surface area (Å²) in [6.45, 7) is 3.31. The molecule has 0 atom stereocenters. The van der Waals surface area contributed by atoms with E-state index in [0.717, 1.165) is 5.56 Å². The van der Waals surface area contributed by atoms with Crippen LogP contribution in [0.1, 0.15) is 16.7 Å². The lowest BCUT2D eigenvalue weighted by Crippen LogP contribution is -2.25. The van der Waals surface area contributed by atoms with E-state index >= 15 is 0 Å². The lowest BCUT2D eigenvalue weighted by atomic mass is 10.1. The Labute approximate surface area is 123 Å². The summed E-state index contributed by atoms with van der Waals surface area (Å²) in [4.78, 5) is 0.122. The highest BCUT2D eigenvalue weighted by molar-refractivity contribution is 7.89. The molecule has 0 aliphatic heterocycles. The van der Waals surface area contributed by atoms with Crippen LogP contribution < -0.4 is 10.5 Å². The number of nitrogen functional groups attached to an aromatic ring is 1. The van der Waals surface area contributed by atoms with Crippen LogP contribution in [0, 0.1) is 19.7 Å². The van der Waals surface area contributed by atoms with Gasteiger partial charge in [-0.15, -0.1) is 0 Å². The summed E-state index contributed by atoms with van der Waals surface area (Å²) in [5.74, 6) is -0.444. The van der Waals surface area contributed by atoms with Crippen molar-refractivity contribution in [3.63, 3.8) is 0 Å². The van der Waals surface area contributed by atoms with E-state index in [1.54, 1.807) is 38.1 Å². The van der Waals surface area contributed by atoms with Crippen molar-refractivity contribution in [3.8, 4) is 0 Å². The summed E-state index contributed by atoms with van der Waals surface area (Å²) in [5.41, 5.74) is 7.75. The molecule has 0 fully saturated rings. The lowest BCUT2D eigenvalue weighted by molar-refractivity contribution is 0.574. The van der Waals surface area contributed by atoms with Crippen LogP contribution in [0.4, 0.5) is 10.1 Å². The second-order valence-corrected chi connectivity index (χ2v) is 6.63. The minimum atomic E-state index is -3.75. The summed E-state index contributed by atoms with van der Waals surface area (Å²) < 4.78 is 40.6. The molecule has 0 amide bonds. The number of hydrogen-bond donors (Lipinski definition) is 2. The molecule has 0 aromatic heterocycles. The van der Waals surface area contributed by atoms with Crippen molar-refractivity contribution in [1.82, 2.24) is 4.72 Å². The van der Waals surface area contributed by atoms with Crippen molar-refractivity contribution >= 4 is 15.7 Å². The number of halogens is 1. The Bertz CT molecular complexity index is 773. The molecule has 0 heterocycles. The van der Waals surface area contributed by atoms with Crippen LogP contribution in [0.15, 0.2) is 41.3 Å². The van der Waals surface area contributed by atoms with Crippen molar-refractivity contribution in [1.29, 1.82) is 0 Å². The SMILES string of the molecule is Cc1cc(N)c(C)c(S(=O)(=O)NCc2ccccc2F)c1. The fourth-order valence-electron chi connectivity index (χ4n) is 2.02. The van der Waals surface area contributed by atoms with Crippen LogP contribution in [0.5, 0.6) is 0 Å².